The van der Waals surface area contributed by atoms with Gasteiger partial charge in [-0.1, -0.05) is 48.6 Å². The molecule has 7 rings (SSSR count). The number of fused-ring (bicyclic) bond motifs is 16. The van der Waals surface area contributed by atoms with Crippen molar-refractivity contribution >= 4 is 10.8 Å². The van der Waals surface area contributed by atoms with Crippen molar-refractivity contribution in [1.29, 1.82) is 0 Å². The Morgan fingerprint density at radius 1 is 0.636 bits per heavy atom. The van der Waals surface area contributed by atoms with E-state index in [2.05, 4.69) is 48.6 Å². The largest absolute Gasteiger partial charge is 0.0848 e. The van der Waals surface area contributed by atoms with Crippen LogP contribution in [0.25, 0.3) is 10.8 Å². The molecule has 5 aliphatic rings. The van der Waals surface area contributed by atoms with Crippen molar-refractivity contribution in [3.05, 3.63) is 59.7 Å². The van der Waals surface area contributed by atoms with Crippen LogP contribution in [0.5, 0.6) is 0 Å². The van der Waals surface area contributed by atoms with E-state index in [9.17, 15) is 0 Å². The Bertz CT molecular complexity index is 791. The Labute approximate surface area is 131 Å². The van der Waals surface area contributed by atoms with Gasteiger partial charge in [-0.15, -0.1) is 0 Å². The Balaban J connectivity index is 1.42. The first-order valence-electron chi connectivity index (χ1n) is 9.11. The van der Waals surface area contributed by atoms with Gasteiger partial charge < -0.3 is 0 Å². The number of hydrogen-bond donors (Lipinski definition) is 0. The molecule has 4 unspecified atom stereocenters. The molecule has 0 aromatic heterocycles. The lowest BCUT2D eigenvalue weighted by Gasteiger charge is -2.56. The second kappa shape index (κ2) is 3.35. The van der Waals surface area contributed by atoms with Gasteiger partial charge in [0.1, 0.15) is 0 Å². The first-order valence-corrected chi connectivity index (χ1v) is 9.11. The van der Waals surface area contributed by atoms with Crippen molar-refractivity contribution in [2.24, 2.45) is 35.5 Å². The summed E-state index contributed by atoms with van der Waals surface area (Å²) in [5.74, 6) is 7.84. The second-order valence-corrected chi connectivity index (χ2v) is 8.53. The van der Waals surface area contributed by atoms with Crippen molar-refractivity contribution < 1.29 is 0 Å². The summed E-state index contributed by atoms with van der Waals surface area (Å²) in [7, 11) is 0. The summed E-state index contributed by atoms with van der Waals surface area (Å²) in [6.07, 6.45) is 8.08. The van der Waals surface area contributed by atoms with E-state index >= 15 is 0 Å². The standard InChI is InChI=1S/C22H20/c1-2-4-12-9-16-15(8-11(12)3-1)17-10-18(16)22-20-14-6-5-13(7-14)19(20)21(17)22/h1-6,8-9,13-14,17-22H,7,10H2/t13-,14+,17+,18-,19?,20?,21?,22?. The highest BCUT2D eigenvalue weighted by molar-refractivity contribution is 5.85. The minimum absolute atomic E-state index is 0.892. The first kappa shape index (κ1) is 11.0. The van der Waals surface area contributed by atoms with Crippen LogP contribution in [0.4, 0.5) is 0 Å². The van der Waals surface area contributed by atoms with Crippen LogP contribution in [0, 0.1) is 35.5 Å². The summed E-state index contributed by atoms with van der Waals surface area (Å²) < 4.78 is 0. The van der Waals surface area contributed by atoms with Gasteiger partial charge in [-0.05, 0) is 82.1 Å². The molecule has 2 aromatic rings. The molecule has 0 spiro atoms. The smallest absolute Gasteiger partial charge is 0.0119 e. The predicted octanol–water partition coefficient (Wildman–Crippen LogP) is 5.11. The summed E-state index contributed by atoms with van der Waals surface area (Å²) in [5, 5.41) is 2.91. The van der Waals surface area contributed by atoms with Crippen molar-refractivity contribution in [2.45, 2.75) is 24.7 Å². The zero-order chi connectivity index (χ0) is 14.0. The summed E-state index contributed by atoms with van der Waals surface area (Å²) >= 11 is 0. The topological polar surface area (TPSA) is 0 Å². The molecule has 4 bridgehead atoms. The molecule has 2 aromatic carbocycles. The Morgan fingerprint density at radius 3 is 1.73 bits per heavy atom. The molecule has 0 radical (unpaired) electrons. The van der Waals surface area contributed by atoms with Crippen molar-refractivity contribution in [3.8, 4) is 0 Å². The number of rotatable bonds is 0. The average Bonchev–Trinajstić information content (AvgIpc) is 3.24. The quantitative estimate of drug-likeness (QED) is 0.466. The summed E-state index contributed by atoms with van der Waals surface area (Å²) in [6.45, 7) is 0. The van der Waals surface area contributed by atoms with Crippen LogP contribution in [-0.2, 0) is 0 Å². The molecular weight excluding hydrogens is 264 g/mol. The highest BCUT2D eigenvalue weighted by Gasteiger charge is 2.69. The molecule has 0 N–H and O–H groups in total. The van der Waals surface area contributed by atoms with Crippen LogP contribution in [-0.4, -0.2) is 0 Å². The third kappa shape index (κ3) is 1.01. The Kier molecular flexibility index (Phi) is 1.68. The van der Waals surface area contributed by atoms with Crippen LogP contribution in [0.15, 0.2) is 48.6 Å². The van der Waals surface area contributed by atoms with Gasteiger partial charge in [-0.2, -0.15) is 0 Å². The van der Waals surface area contributed by atoms with Crippen molar-refractivity contribution in [3.63, 3.8) is 0 Å². The van der Waals surface area contributed by atoms with Gasteiger partial charge in [0.15, 0.2) is 0 Å². The van der Waals surface area contributed by atoms with Gasteiger partial charge >= 0.3 is 0 Å². The molecule has 0 aliphatic heterocycles. The Morgan fingerprint density at radius 2 is 1.18 bits per heavy atom. The lowest BCUT2D eigenvalue weighted by molar-refractivity contribution is -0.0283. The van der Waals surface area contributed by atoms with Gasteiger partial charge in [-0.25, -0.2) is 0 Å². The fourth-order valence-corrected chi connectivity index (χ4v) is 7.60. The second-order valence-electron chi connectivity index (χ2n) is 8.53. The maximum Gasteiger partial charge on any atom is -0.0119 e. The molecular formula is C22H20. The molecule has 3 saturated carbocycles. The highest BCUT2D eigenvalue weighted by Crippen LogP contribution is 2.77. The van der Waals surface area contributed by atoms with Crippen LogP contribution in [0.3, 0.4) is 0 Å². The molecule has 108 valence electrons. The fourth-order valence-electron chi connectivity index (χ4n) is 7.60. The summed E-state index contributed by atoms with van der Waals surface area (Å²) in [6, 6.07) is 14.0. The van der Waals surface area contributed by atoms with Crippen LogP contribution < -0.4 is 0 Å². The normalized spacial score (nSPS) is 48.4. The predicted molar refractivity (Wildman–Crippen MR) is 88.7 cm³/mol. The van der Waals surface area contributed by atoms with E-state index in [1.807, 2.05) is 0 Å². The minimum atomic E-state index is 0.892. The molecule has 8 atom stereocenters. The fraction of sp³-hybridized carbons (Fsp3) is 0.455. The van der Waals surface area contributed by atoms with E-state index in [-0.39, 0.29) is 0 Å². The van der Waals surface area contributed by atoms with Crippen LogP contribution in [0.1, 0.15) is 35.8 Å². The molecule has 3 fully saturated rings. The van der Waals surface area contributed by atoms with Crippen molar-refractivity contribution in [1.82, 2.24) is 0 Å². The number of benzene rings is 2. The molecule has 0 saturated heterocycles. The summed E-state index contributed by atoms with van der Waals surface area (Å²) in [4.78, 5) is 0. The molecule has 0 heteroatoms. The monoisotopic (exact) mass is 284 g/mol. The van der Waals surface area contributed by atoms with Gasteiger partial charge in [0.25, 0.3) is 0 Å². The van der Waals surface area contributed by atoms with Gasteiger partial charge in [0.2, 0.25) is 0 Å². The van der Waals surface area contributed by atoms with Crippen LogP contribution in [0.2, 0.25) is 0 Å². The molecule has 0 heterocycles. The SMILES string of the molecule is C1=C[C@H]2C[C@@H]1C1C2C2C1[C@H]1C[C@@H]2c2cc3ccccc3cc21. The molecule has 5 aliphatic carbocycles. The molecule has 22 heavy (non-hydrogen) atoms. The number of hydrogen-bond acceptors (Lipinski definition) is 0. The molecule has 0 amide bonds. The van der Waals surface area contributed by atoms with Gasteiger partial charge in [0, 0.05) is 0 Å². The van der Waals surface area contributed by atoms with Crippen LogP contribution >= 0.6 is 0 Å². The van der Waals surface area contributed by atoms with E-state index < -0.39 is 0 Å². The maximum atomic E-state index is 2.56. The average molecular weight is 284 g/mol. The van der Waals surface area contributed by atoms with E-state index in [1.54, 1.807) is 11.1 Å². The zero-order valence-corrected chi connectivity index (χ0v) is 12.7. The number of allylic oxidation sites excluding steroid dienone is 2. The third-order valence-corrected chi connectivity index (χ3v) is 8.10. The minimum Gasteiger partial charge on any atom is -0.0848 e. The maximum absolute atomic E-state index is 2.56. The van der Waals surface area contributed by atoms with E-state index in [4.69, 9.17) is 0 Å². The van der Waals surface area contributed by atoms with E-state index in [0.717, 1.165) is 47.3 Å². The lowest BCUT2D eigenvalue weighted by Crippen LogP contribution is -2.50. The first-order chi connectivity index (χ1) is 10.9. The van der Waals surface area contributed by atoms with Gasteiger partial charge in [0.05, 0.1) is 0 Å². The Hall–Kier alpha value is -1.56. The molecule has 0 nitrogen and oxygen atoms in total. The summed E-state index contributed by atoms with van der Waals surface area (Å²) in [5.41, 5.74) is 3.46. The lowest BCUT2D eigenvalue weighted by atomic mass is 9.48. The van der Waals surface area contributed by atoms with E-state index in [1.165, 1.54) is 23.6 Å². The third-order valence-electron chi connectivity index (χ3n) is 8.10. The zero-order valence-electron chi connectivity index (χ0n) is 12.7. The van der Waals surface area contributed by atoms with Gasteiger partial charge in [-0.3, -0.25) is 0 Å². The van der Waals surface area contributed by atoms with E-state index in [0.29, 0.717) is 0 Å². The highest BCUT2D eigenvalue weighted by atomic mass is 14.7. The van der Waals surface area contributed by atoms with Crippen molar-refractivity contribution in [2.75, 3.05) is 0 Å².